The molecule has 0 unspecified atom stereocenters. The van der Waals surface area contributed by atoms with Crippen molar-refractivity contribution in [2.24, 2.45) is 0 Å². The Labute approximate surface area is 131 Å². The Bertz CT molecular complexity index is 689. The maximum atomic E-state index is 13.6. The fourth-order valence-electron chi connectivity index (χ4n) is 1.65. The first-order chi connectivity index (χ1) is 9.38. The summed E-state index contributed by atoms with van der Waals surface area (Å²) in [6.07, 6.45) is 0. The summed E-state index contributed by atoms with van der Waals surface area (Å²) in [6.45, 7) is 1.78. The zero-order chi connectivity index (χ0) is 14.9. The molecule has 0 saturated heterocycles. The number of aryl methyl sites for hydroxylation is 1. The van der Waals surface area contributed by atoms with Crippen molar-refractivity contribution in [1.82, 2.24) is 0 Å². The van der Waals surface area contributed by atoms with Crippen molar-refractivity contribution in [1.29, 1.82) is 0 Å². The minimum Gasteiger partial charge on any atom is -0.319 e. The van der Waals surface area contributed by atoms with E-state index in [0.29, 0.717) is 11.6 Å². The fourth-order valence-corrected chi connectivity index (χ4v) is 2.35. The smallest absolute Gasteiger partial charge is 0.256 e. The molecule has 2 aromatic rings. The number of hydrogen-bond donors (Lipinski definition) is 1. The number of halogens is 4. The Kier molecular flexibility index (Phi) is 4.55. The third-order valence-electron chi connectivity index (χ3n) is 2.70. The Morgan fingerprint density at radius 2 is 1.80 bits per heavy atom. The summed E-state index contributed by atoms with van der Waals surface area (Å²) >= 11 is 6.23. The van der Waals surface area contributed by atoms with Gasteiger partial charge in [-0.25, -0.2) is 8.78 Å². The zero-order valence-electron chi connectivity index (χ0n) is 10.3. The monoisotopic (exact) mass is 403 g/mol. The number of carbonyl (C=O) groups excluding carboxylic acids is 1. The van der Waals surface area contributed by atoms with Crippen molar-refractivity contribution in [2.45, 2.75) is 6.92 Å². The second-order valence-corrected chi connectivity index (χ2v) is 5.93. The van der Waals surface area contributed by atoms with Crippen molar-refractivity contribution in [2.75, 3.05) is 5.32 Å². The maximum absolute atomic E-state index is 13.6. The molecule has 0 heterocycles. The largest absolute Gasteiger partial charge is 0.319 e. The van der Waals surface area contributed by atoms with Crippen LogP contribution in [0.25, 0.3) is 0 Å². The molecule has 2 nitrogen and oxygen atoms in total. The number of nitrogens with one attached hydrogen (secondary N) is 1. The molecule has 0 aliphatic rings. The Morgan fingerprint density at radius 3 is 2.50 bits per heavy atom. The third kappa shape index (κ3) is 3.24. The Morgan fingerprint density at radius 1 is 1.10 bits per heavy atom. The van der Waals surface area contributed by atoms with Crippen LogP contribution in [0.1, 0.15) is 15.9 Å². The highest BCUT2D eigenvalue weighted by molar-refractivity contribution is 9.10. The number of rotatable bonds is 2. The van der Waals surface area contributed by atoms with Gasteiger partial charge >= 0.3 is 0 Å². The van der Waals surface area contributed by atoms with Crippen molar-refractivity contribution >= 4 is 43.5 Å². The van der Waals surface area contributed by atoms with Crippen LogP contribution in [0.4, 0.5) is 14.5 Å². The number of benzene rings is 2. The molecule has 0 aliphatic carbocycles. The van der Waals surface area contributed by atoms with Crippen LogP contribution in [0, 0.1) is 18.6 Å². The highest BCUT2D eigenvalue weighted by Crippen LogP contribution is 2.25. The molecular formula is C14H9Br2F2NO. The van der Waals surface area contributed by atoms with Crippen LogP contribution in [0.2, 0.25) is 0 Å². The van der Waals surface area contributed by atoms with Crippen molar-refractivity contribution in [3.8, 4) is 0 Å². The van der Waals surface area contributed by atoms with Crippen molar-refractivity contribution in [3.63, 3.8) is 0 Å². The van der Waals surface area contributed by atoms with E-state index in [1.807, 2.05) is 0 Å². The molecule has 0 bridgehead atoms. The van der Waals surface area contributed by atoms with Crippen LogP contribution >= 0.6 is 31.9 Å². The van der Waals surface area contributed by atoms with E-state index in [0.717, 1.165) is 10.0 Å². The summed E-state index contributed by atoms with van der Waals surface area (Å²) in [5.74, 6) is -2.01. The molecule has 1 amide bonds. The molecule has 0 atom stereocenters. The van der Waals surface area contributed by atoms with Crippen LogP contribution < -0.4 is 5.32 Å². The van der Waals surface area contributed by atoms with Gasteiger partial charge in [0.2, 0.25) is 0 Å². The van der Waals surface area contributed by atoms with Gasteiger partial charge in [-0.3, -0.25) is 4.79 Å². The molecule has 2 rings (SSSR count). The van der Waals surface area contributed by atoms with Gasteiger partial charge in [-0.15, -0.1) is 0 Å². The first-order valence-corrected chi connectivity index (χ1v) is 7.19. The van der Waals surface area contributed by atoms with E-state index in [2.05, 4.69) is 37.2 Å². The molecular weight excluding hydrogens is 396 g/mol. The van der Waals surface area contributed by atoms with Gasteiger partial charge < -0.3 is 5.32 Å². The summed E-state index contributed by atoms with van der Waals surface area (Å²) in [4.78, 5) is 12.1. The van der Waals surface area contributed by atoms with Gasteiger partial charge in [0.05, 0.1) is 10.2 Å². The summed E-state index contributed by atoms with van der Waals surface area (Å²) in [5, 5.41) is 2.43. The highest BCUT2D eigenvalue weighted by Gasteiger charge is 2.14. The number of amides is 1. The van der Waals surface area contributed by atoms with E-state index in [-0.39, 0.29) is 10.2 Å². The van der Waals surface area contributed by atoms with Crippen LogP contribution in [0.15, 0.2) is 39.3 Å². The molecule has 0 aromatic heterocycles. The van der Waals surface area contributed by atoms with E-state index < -0.39 is 17.5 Å². The SMILES string of the molecule is Cc1ccc(Br)cc1C(=O)Nc1cc(Br)c(F)cc1F. The summed E-state index contributed by atoms with van der Waals surface area (Å²) in [7, 11) is 0. The van der Waals surface area contributed by atoms with E-state index in [4.69, 9.17) is 0 Å². The first kappa shape index (κ1) is 15.1. The summed E-state index contributed by atoms with van der Waals surface area (Å²) < 4.78 is 27.6. The van der Waals surface area contributed by atoms with Gasteiger partial charge in [0, 0.05) is 16.1 Å². The average Bonchev–Trinajstić information content (AvgIpc) is 2.38. The van der Waals surface area contributed by atoms with Crippen molar-refractivity contribution < 1.29 is 13.6 Å². The summed E-state index contributed by atoms with van der Waals surface area (Å²) in [6, 6.07) is 7.13. The second kappa shape index (κ2) is 6.01. The number of carbonyl (C=O) groups is 1. The fraction of sp³-hybridized carbons (Fsp3) is 0.0714. The van der Waals surface area contributed by atoms with Gasteiger partial charge in [-0.1, -0.05) is 22.0 Å². The van der Waals surface area contributed by atoms with E-state index in [1.165, 1.54) is 6.07 Å². The Hall–Kier alpha value is -1.27. The average molecular weight is 405 g/mol. The minimum atomic E-state index is -0.827. The van der Waals surface area contributed by atoms with Crippen LogP contribution in [0.3, 0.4) is 0 Å². The highest BCUT2D eigenvalue weighted by atomic mass is 79.9. The predicted octanol–water partition coefficient (Wildman–Crippen LogP) is 5.05. The second-order valence-electron chi connectivity index (χ2n) is 4.16. The van der Waals surface area contributed by atoms with E-state index in [1.54, 1.807) is 25.1 Å². The first-order valence-electron chi connectivity index (χ1n) is 5.60. The molecule has 0 fully saturated rings. The molecule has 1 N–H and O–H groups in total. The molecule has 0 aliphatic heterocycles. The number of hydrogen-bond acceptors (Lipinski definition) is 1. The van der Waals surface area contributed by atoms with E-state index >= 15 is 0 Å². The lowest BCUT2D eigenvalue weighted by atomic mass is 10.1. The molecule has 104 valence electrons. The quantitative estimate of drug-likeness (QED) is 0.697. The molecule has 20 heavy (non-hydrogen) atoms. The van der Waals surface area contributed by atoms with Gasteiger partial charge in [0.25, 0.3) is 5.91 Å². The van der Waals surface area contributed by atoms with Gasteiger partial charge in [-0.2, -0.15) is 0 Å². The minimum absolute atomic E-state index is 0.0809. The van der Waals surface area contributed by atoms with Crippen LogP contribution in [0.5, 0.6) is 0 Å². The van der Waals surface area contributed by atoms with Crippen LogP contribution in [-0.2, 0) is 0 Å². The lowest BCUT2D eigenvalue weighted by Crippen LogP contribution is -2.14. The Balaban J connectivity index is 2.32. The summed E-state index contributed by atoms with van der Waals surface area (Å²) in [5.41, 5.74) is 1.09. The lowest BCUT2D eigenvalue weighted by molar-refractivity contribution is 0.102. The third-order valence-corrected chi connectivity index (χ3v) is 3.80. The van der Waals surface area contributed by atoms with Gasteiger partial charge in [0.15, 0.2) is 0 Å². The normalized spacial score (nSPS) is 10.4. The van der Waals surface area contributed by atoms with E-state index in [9.17, 15) is 13.6 Å². The maximum Gasteiger partial charge on any atom is 0.256 e. The topological polar surface area (TPSA) is 29.1 Å². The molecule has 0 spiro atoms. The molecule has 0 radical (unpaired) electrons. The standard InChI is InChI=1S/C14H9Br2F2NO/c1-7-2-3-8(15)4-9(7)14(20)19-13-5-10(16)11(17)6-12(13)18/h2-6H,1H3,(H,19,20). The lowest BCUT2D eigenvalue weighted by Gasteiger charge is -2.10. The van der Waals surface area contributed by atoms with Crippen molar-refractivity contribution in [3.05, 3.63) is 62.0 Å². The molecule has 0 saturated carbocycles. The molecule has 2 aromatic carbocycles. The zero-order valence-corrected chi connectivity index (χ0v) is 13.5. The van der Waals surface area contributed by atoms with Gasteiger partial charge in [-0.05, 0) is 46.6 Å². The van der Waals surface area contributed by atoms with Crippen LogP contribution in [-0.4, -0.2) is 5.91 Å². The molecule has 6 heteroatoms. The number of anilines is 1. The van der Waals surface area contributed by atoms with Gasteiger partial charge in [0.1, 0.15) is 11.6 Å². The predicted molar refractivity (Wildman–Crippen MR) is 80.9 cm³/mol.